The molecule has 0 aliphatic carbocycles. The molecule has 1 unspecified atom stereocenters. The Kier molecular flexibility index (Phi) is 3.97. The van der Waals surface area contributed by atoms with E-state index in [4.69, 9.17) is 26.0 Å². The summed E-state index contributed by atoms with van der Waals surface area (Å²) in [6.45, 7) is 1.10. The van der Waals surface area contributed by atoms with E-state index in [0.717, 1.165) is 12.2 Å². The zero-order chi connectivity index (χ0) is 17.3. The summed E-state index contributed by atoms with van der Waals surface area (Å²) < 4.78 is 11.5. The van der Waals surface area contributed by atoms with Gasteiger partial charge in [-0.15, -0.1) is 0 Å². The molecule has 0 bridgehead atoms. The van der Waals surface area contributed by atoms with Gasteiger partial charge >= 0.3 is 5.97 Å². The number of anilines is 2. The van der Waals surface area contributed by atoms with Crippen LogP contribution in [-0.4, -0.2) is 63.8 Å². The number of carboxylic acid groups (broad SMARTS) is 1. The van der Waals surface area contributed by atoms with Crippen molar-refractivity contribution in [2.45, 2.75) is 12.0 Å². The van der Waals surface area contributed by atoms with Crippen LogP contribution in [0.3, 0.4) is 0 Å². The zero-order valence-corrected chi connectivity index (χ0v) is 12.8. The first-order valence-electron chi connectivity index (χ1n) is 7.27. The van der Waals surface area contributed by atoms with Gasteiger partial charge in [0.25, 0.3) is 0 Å². The van der Waals surface area contributed by atoms with Crippen molar-refractivity contribution in [2.75, 3.05) is 37.8 Å². The average molecular weight is 335 g/mol. The molecule has 0 radical (unpaired) electrons. The topological polar surface area (TPSA) is 154 Å². The predicted molar refractivity (Wildman–Crippen MR) is 82.1 cm³/mol. The Morgan fingerprint density at radius 1 is 1.29 bits per heavy atom. The van der Waals surface area contributed by atoms with E-state index in [1.54, 1.807) is 0 Å². The lowest BCUT2D eigenvalue weighted by molar-refractivity contribution is -0.132. The molecule has 1 fully saturated rings. The number of nitrogen functional groups attached to an aromatic ring is 2. The van der Waals surface area contributed by atoms with Crippen LogP contribution in [0.4, 0.5) is 11.8 Å². The monoisotopic (exact) mass is 335 g/mol. The number of fused-ring (bicyclic) bond motifs is 1. The quantitative estimate of drug-likeness (QED) is 0.566. The van der Waals surface area contributed by atoms with E-state index in [1.807, 2.05) is 0 Å². The molecule has 5 N–H and O–H groups in total. The maximum atomic E-state index is 12.2. The zero-order valence-electron chi connectivity index (χ0n) is 12.8. The maximum absolute atomic E-state index is 12.2. The normalized spacial score (nSPS) is 23.1. The summed E-state index contributed by atoms with van der Waals surface area (Å²) in [4.78, 5) is 32.2. The van der Waals surface area contributed by atoms with E-state index >= 15 is 0 Å². The first-order chi connectivity index (χ1) is 11.4. The number of aliphatic carboxylic acids is 1. The first kappa shape index (κ1) is 16.0. The molecular formula is C14H17N5O5. The number of ether oxygens (including phenoxy) is 2. The highest BCUT2D eigenvalue weighted by molar-refractivity contribution is 5.94. The minimum atomic E-state index is -1.19. The van der Waals surface area contributed by atoms with Crippen molar-refractivity contribution < 1.29 is 24.2 Å². The van der Waals surface area contributed by atoms with Gasteiger partial charge < -0.3 is 30.9 Å². The number of aromatic nitrogens is 2. The molecule has 3 rings (SSSR count). The highest BCUT2D eigenvalue weighted by atomic mass is 16.6. The molecule has 1 amide bonds. The highest BCUT2D eigenvalue weighted by Gasteiger charge is 2.45. The molecule has 10 nitrogen and oxygen atoms in total. The van der Waals surface area contributed by atoms with Crippen LogP contribution >= 0.6 is 0 Å². The molecule has 2 aliphatic heterocycles. The summed E-state index contributed by atoms with van der Waals surface area (Å²) in [7, 11) is 0. The molecule has 10 heteroatoms. The van der Waals surface area contributed by atoms with E-state index in [1.165, 1.54) is 4.90 Å². The van der Waals surface area contributed by atoms with E-state index in [-0.39, 0.29) is 24.9 Å². The fourth-order valence-electron chi connectivity index (χ4n) is 2.82. The molecule has 1 aromatic rings. The van der Waals surface area contributed by atoms with Gasteiger partial charge in [-0.1, -0.05) is 0 Å². The van der Waals surface area contributed by atoms with Crippen LogP contribution in [-0.2, 0) is 20.7 Å². The number of nitrogens with zero attached hydrogens (tertiary/aromatic N) is 3. The van der Waals surface area contributed by atoms with Gasteiger partial charge in [-0.05, 0) is 0 Å². The Labute approximate surface area is 137 Å². The van der Waals surface area contributed by atoms with Gasteiger partial charge in [0.1, 0.15) is 5.82 Å². The Hall–Kier alpha value is -2.88. The number of nitrogens with two attached hydrogens (primary N) is 2. The first-order valence-corrected chi connectivity index (χ1v) is 7.27. The lowest BCUT2D eigenvalue weighted by Gasteiger charge is -2.30. The minimum absolute atomic E-state index is 0.00941. The molecule has 0 aromatic carbocycles. The summed E-state index contributed by atoms with van der Waals surface area (Å²) in [5, 5.41) is 8.65. The number of carboxylic acids is 1. The Morgan fingerprint density at radius 2 is 2.08 bits per heavy atom. The number of carbonyl (C=O) groups excluding carboxylic acids is 1. The Morgan fingerprint density at radius 3 is 2.83 bits per heavy atom. The van der Waals surface area contributed by atoms with Crippen LogP contribution in [0.25, 0.3) is 0 Å². The summed E-state index contributed by atoms with van der Waals surface area (Å²) in [5.41, 5.74) is 11.2. The number of carbonyl (C=O) groups is 2. The van der Waals surface area contributed by atoms with Crippen LogP contribution in [0.2, 0.25) is 0 Å². The van der Waals surface area contributed by atoms with Crippen LogP contribution in [0.5, 0.6) is 5.88 Å². The van der Waals surface area contributed by atoms with Gasteiger partial charge in [0.05, 0.1) is 25.3 Å². The van der Waals surface area contributed by atoms with Gasteiger partial charge in [-0.2, -0.15) is 9.97 Å². The molecule has 1 spiro atoms. The fraction of sp³-hybridized carbons (Fsp3) is 0.429. The Balaban J connectivity index is 1.82. The number of hydrogen-bond donors (Lipinski definition) is 3. The molecule has 1 saturated heterocycles. The summed E-state index contributed by atoms with van der Waals surface area (Å²) in [6.07, 6.45) is 2.19. The van der Waals surface area contributed by atoms with E-state index in [0.29, 0.717) is 31.0 Å². The van der Waals surface area contributed by atoms with Gasteiger partial charge in [-0.25, -0.2) is 4.79 Å². The van der Waals surface area contributed by atoms with Gasteiger partial charge in [-0.3, -0.25) is 4.79 Å². The lowest BCUT2D eigenvalue weighted by Crippen LogP contribution is -2.49. The summed E-state index contributed by atoms with van der Waals surface area (Å²) in [6, 6.07) is 0. The third-order valence-electron chi connectivity index (χ3n) is 3.86. The second-order valence-electron chi connectivity index (χ2n) is 5.70. The third-order valence-corrected chi connectivity index (χ3v) is 3.86. The van der Waals surface area contributed by atoms with Crippen LogP contribution in [0.15, 0.2) is 12.2 Å². The highest BCUT2D eigenvalue weighted by Crippen LogP contribution is 2.38. The predicted octanol–water partition coefficient (Wildman–Crippen LogP) is -1.19. The third kappa shape index (κ3) is 3.08. The SMILES string of the molecule is Nc1nc(N)c2c(n1)OC1(COCCN(C(=O)C=CC(=O)O)C1)C2. The molecule has 128 valence electrons. The summed E-state index contributed by atoms with van der Waals surface area (Å²) >= 11 is 0. The van der Waals surface area contributed by atoms with Crippen molar-refractivity contribution in [1.82, 2.24) is 14.9 Å². The van der Waals surface area contributed by atoms with Gasteiger partial charge in [0.15, 0.2) is 5.60 Å². The van der Waals surface area contributed by atoms with Crippen molar-refractivity contribution in [3.8, 4) is 5.88 Å². The minimum Gasteiger partial charge on any atom is -0.478 e. The standard InChI is InChI=1S/C14H17N5O5/c15-11-8-5-14(24-12(8)18-13(16)17-11)6-19(3-4-23-7-14)9(20)1-2-10(21)22/h1-2H,3-7H2,(H,21,22)(H4,15,16,17,18). The van der Waals surface area contributed by atoms with E-state index in [2.05, 4.69) is 9.97 Å². The van der Waals surface area contributed by atoms with Crippen molar-refractivity contribution in [3.05, 3.63) is 17.7 Å². The molecule has 1 atom stereocenters. The second-order valence-corrected chi connectivity index (χ2v) is 5.70. The Bertz CT molecular complexity index is 722. The average Bonchev–Trinajstić information content (AvgIpc) is 2.72. The van der Waals surface area contributed by atoms with E-state index < -0.39 is 17.5 Å². The smallest absolute Gasteiger partial charge is 0.328 e. The lowest BCUT2D eigenvalue weighted by atomic mass is 9.98. The van der Waals surface area contributed by atoms with Crippen molar-refractivity contribution >= 4 is 23.6 Å². The van der Waals surface area contributed by atoms with E-state index in [9.17, 15) is 9.59 Å². The van der Waals surface area contributed by atoms with Crippen molar-refractivity contribution in [1.29, 1.82) is 0 Å². The maximum Gasteiger partial charge on any atom is 0.328 e. The molecule has 2 aliphatic rings. The summed E-state index contributed by atoms with van der Waals surface area (Å²) in [5.74, 6) is -1.08. The van der Waals surface area contributed by atoms with Gasteiger partial charge in [0.2, 0.25) is 17.7 Å². The second kappa shape index (κ2) is 5.96. The van der Waals surface area contributed by atoms with Crippen LogP contribution < -0.4 is 16.2 Å². The van der Waals surface area contributed by atoms with Crippen LogP contribution in [0.1, 0.15) is 5.56 Å². The van der Waals surface area contributed by atoms with Crippen molar-refractivity contribution in [2.24, 2.45) is 0 Å². The van der Waals surface area contributed by atoms with Gasteiger partial charge in [0, 0.05) is 25.1 Å². The largest absolute Gasteiger partial charge is 0.478 e. The fourth-order valence-corrected chi connectivity index (χ4v) is 2.82. The molecule has 24 heavy (non-hydrogen) atoms. The van der Waals surface area contributed by atoms with Crippen molar-refractivity contribution in [3.63, 3.8) is 0 Å². The number of hydrogen-bond acceptors (Lipinski definition) is 8. The number of amides is 1. The number of rotatable bonds is 2. The molecule has 1 aromatic heterocycles. The molecule has 3 heterocycles. The molecular weight excluding hydrogens is 318 g/mol. The molecule has 0 saturated carbocycles. The van der Waals surface area contributed by atoms with Crippen LogP contribution in [0, 0.1) is 0 Å².